The first-order valence-corrected chi connectivity index (χ1v) is 19.7. The Bertz CT molecular complexity index is 1880. The van der Waals surface area contributed by atoms with E-state index >= 15 is 0 Å². The van der Waals surface area contributed by atoms with Crippen LogP contribution in [0.15, 0.2) is 94.9 Å². The average molecular weight is 715 g/mol. The molecule has 0 radical (unpaired) electrons. The molecule has 2 N–H and O–H groups in total. The number of sulfonamides is 1. The molecule has 1 aliphatic heterocycles. The number of rotatable bonds is 13. The molecule has 11 nitrogen and oxygen atoms in total. The number of piperidine rings is 1. The summed E-state index contributed by atoms with van der Waals surface area (Å²) in [6.45, 7) is 2.03. The van der Waals surface area contributed by atoms with Gasteiger partial charge in [-0.15, -0.1) is 11.8 Å². The predicted octanol–water partition coefficient (Wildman–Crippen LogP) is 7.21. The highest BCUT2D eigenvalue weighted by molar-refractivity contribution is 7.99. The molecule has 1 saturated heterocycles. The largest absolute Gasteiger partial charge is 0.379 e. The zero-order valence-corrected chi connectivity index (χ0v) is 29.5. The SMILES string of the molecule is O=C(NS(=O)(=O)c1ccc(NCCSc2ccccc2)c([N+](=O)[O-])c1)c1cnc(N2CCC(Cc3ccccc3)CC2)nc1C1CCCCC1. The van der Waals surface area contributed by atoms with Gasteiger partial charge in [0.1, 0.15) is 5.69 Å². The number of hydrogen-bond acceptors (Lipinski definition) is 10. The fraction of sp³-hybridized carbons (Fsp3) is 0.378. The molecular weight excluding hydrogens is 673 g/mol. The van der Waals surface area contributed by atoms with Crippen molar-refractivity contribution in [2.45, 2.75) is 67.1 Å². The Balaban J connectivity index is 1.15. The summed E-state index contributed by atoms with van der Waals surface area (Å²) in [5, 5.41) is 15.0. The van der Waals surface area contributed by atoms with E-state index in [9.17, 15) is 23.3 Å². The first-order chi connectivity index (χ1) is 24.3. The van der Waals surface area contributed by atoms with Crippen LogP contribution in [0.25, 0.3) is 0 Å². The number of nitro benzene ring substituents is 1. The number of amides is 1. The third-order valence-corrected chi connectivity index (χ3v) is 11.8. The predicted molar refractivity (Wildman–Crippen MR) is 196 cm³/mol. The summed E-state index contributed by atoms with van der Waals surface area (Å²) in [7, 11) is -4.45. The van der Waals surface area contributed by atoms with Gasteiger partial charge in [-0.1, -0.05) is 67.8 Å². The van der Waals surface area contributed by atoms with E-state index in [2.05, 4.69) is 44.2 Å². The number of hydrogen-bond donors (Lipinski definition) is 2. The zero-order valence-electron chi connectivity index (χ0n) is 27.9. The van der Waals surface area contributed by atoms with Crippen LogP contribution in [0.1, 0.15) is 72.5 Å². The van der Waals surface area contributed by atoms with E-state index in [1.807, 2.05) is 36.4 Å². The van der Waals surface area contributed by atoms with Gasteiger partial charge in [0.2, 0.25) is 5.95 Å². The van der Waals surface area contributed by atoms with Gasteiger partial charge in [0, 0.05) is 48.5 Å². The van der Waals surface area contributed by atoms with Gasteiger partial charge in [0.05, 0.1) is 21.1 Å². The number of carbonyl (C=O) groups excluding carboxylic acids is 1. The molecule has 0 spiro atoms. The number of carbonyl (C=O) groups is 1. The number of nitrogens with one attached hydrogen (secondary N) is 2. The third-order valence-electron chi connectivity index (χ3n) is 9.44. The van der Waals surface area contributed by atoms with Crippen molar-refractivity contribution in [1.82, 2.24) is 14.7 Å². The van der Waals surface area contributed by atoms with Crippen molar-refractivity contribution in [1.29, 1.82) is 0 Å². The minimum absolute atomic E-state index is 0.0103. The van der Waals surface area contributed by atoms with Crippen molar-refractivity contribution in [2.24, 2.45) is 5.92 Å². The Hall–Kier alpha value is -4.49. The monoisotopic (exact) mass is 714 g/mol. The van der Waals surface area contributed by atoms with Crippen LogP contribution >= 0.6 is 11.8 Å². The van der Waals surface area contributed by atoms with Crippen LogP contribution in [-0.4, -0.2) is 54.6 Å². The number of benzene rings is 3. The van der Waals surface area contributed by atoms with E-state index in [0.717, 1.165) is 75.4 Å². The number of nitrogens with zero attached hydrogens (tertiary/aromatic N) is 4. The smallest absolute Gasteiger partial charge is 0.293 e. The molecule has 1 aromatic heterocycles. The summed E-state index contributed by atoms with van der Waals surface area (Å²) in [5.74, 6) is 0.941. The van der Waals surface area contributed by atoms with Gasteiger partial charge in [0.15, 0.2) is 0 Å². The van der Waals surface area contributed by atoms with E-state index in [0.29, 0.717) is 29.9 Å². The van der Waals surface area contributed by atoms with Crippen molar-refractivity contribution in [3.8, 4) is 0 Å². The topological polar surface area (TPSA) is 147 Å². The van der Waals surface area contributed by atoms with Crippen molar-refractivity contribution in [3.05, 3.63) is 112 Å². The summed E-state index contributed by atoms with van der Waals surface area (Å²) in [6.07, 6.45) is 9.31. The van der Waals surface area contributed by atoms with Crippen molar-refractivity contribution < 1.29 is 18.1 Å². The van der Waals surface area contributed by atoms with E-state index in [1.165, 1.54) is 23.9 Å². The molecule has 0 bridgehead atoms. The lowest BCUT2D eigenvalue weighted by atomic mass is 9.85. The zero-order chi connectivity index (χ0) is 34.9. The second kappa shape index (κ2) is 16.5. The molecule has 0 unspecified atom stereocenters. The summed E-state index contributed by atoms with van der Waals surface area (Å²) in [6, 6.07) is 23.9. The quantitative estimate of drug-likeness (QED) is 0.0630. The average Bonchev–Trinajstić information content (AvgIpc) is 3.14. The molecule has 262 valence electrons. The highest BCUT2D eigenvalue weighted by Crippen LogP contribution is 2.35. The highest BCUT2D eigenvalue weighted by atomic mass is 32.2. The van der Waals surface area contributed by atoms with Gasteiger partial charge in [-0.05, 0) is 67.9 Å². The fourth-order valence-corrected chi connectivity index (χ4v) is 8.55. The van der Waals surface area contributed by atoms with Gasteiger partial charge in [-0.3, -0.25) is 14.9 Å². The van der Waals surface area contributed by atoms with E-state index < -0.39 is 26.5 Å². The van der Waals surface area contributed by atoms with Crippen LogP contribution in [0.4, 0.5) is 17.3 Å². The van der Waals surface area contributed by atoms with Crippen LogP contribution in [0.3, 0.4) is 0 Å². The standard InChI is InChI=1S/C37H42N6O5S2/c44-36(41-50(47,48)31-16-17-33(34(25-31)43(45)46)38-20-23-49-30-14-8-3-9-15-30)32-26-39-37(40-35(32)29-12-6-2-7-13-29)42-21-18-28(19-22-42)24-27-10-4-1-5-11-27/h1,3-5,8-11,14-17,25-26,28-29,38H,2,6-7,12-13,18-24H2,(H,41,44). The Morgan fingerprint density at radius 3 is 2.34 bits per heavy atom. The van der Waals surface area contributed by atoms with Crippen molar-refractivity contribution in [3.63, 3.8) is 0 Å². The lowest BCUT2D eigenvalue weighted by Gasteiger charge is -2.33. The van der Waals surface area contributed by atoms with Crippen molar-refractivity contribution >= 4 is 45.0 Å². The Morgan fingerprint density at radius 2 is 1.64 bits per heavy atom. The van der Waals surface area contributed by atoms with Crippen LogP contribution in [-0.2, 0) is 16.4 Å². The maximum Gasteiger partial charge on any atom is 0.293 e. The highest BCUT2D eigenvalue weighted by Gasteiger charge is 2.30. The third kappa shape index (κ3) is 8.99. The molecule has 2 aliphatic rings. The van der Waals surface area contributed by atoms with E-state index in [4.69, 9.17) is 4.98 Å². The van der Waals surface area contributed by atoms with E-state index in [1.54, 1.807) is 11.8 Å². The maximum absolute atomic E-state index is 13.6. The fourth-order valence-electron chi connectivity index (χ4n) is 6.77. The Kier molecular flexibility index (Phi) is 11.6. The van der Waals surface area contributed by atoms with Crippen LogP contribution < -0.4 is 14.9 Å². The normalized spacial score (nSPS) is 15.8. The molecular formula is C37H42N6O5S2. The summed E-state index contributed by atoms with van der Waals surface area (Å²) >= 11 is 1.60. The molecule has 6 rings (SSSR count). The van der Waals surface area contributed by atoms with E-state index in [-0.39, 0.29) is 22.1 Å². The minimum atomic E-state index is -4.45. The van der Waals surface area contributed by atoms with Crippen LogP contribution in [0, 0.1) is 16.0 Å². The minimum Gasteiger partial charge on any atom is -0.379 e. The van der Waals surface area contributed by atoms with Gasteiger partial charge < -0.3 is 10.2 Å². The lowest BCUT2D eigenvalue weighted by molar-refractivity contribution is -0.384. The number of thioether (sulfide) groups is 1. The number of nitro groups is 1. The first kappa shape index (κ1) is 35.3. The summed E-state index contributed by atoms with van der Waals surface area (Å²) in [4.78, 5) is 37.3. The van der Waals surface area contributed by atoms with Crippen molar-refractivity contribution in [2.75, 3.05) is 35.6 Å². The number of anilines is 2. The van der Waals surface area contributed by atoms with Crippen LogP contribution in [0.5, 0.6) is 0 Å². The van der Waals surface area contributed by atoms with Gasteiger partial charge >= 0.3 is 0 Å². The Labute approximate surface area is 297 Å². The maximum atomic E-state index is 13.6. The van der Waals surface area contributed by atoms with Gasteiger partial charge in [-0.25, -0.2) is 23.1 Å². The molecule has 4 aromatic rings. The summed E-state index contributed by atoms with van der Waals surface area (Å²) < 4.78 is 29.1. The second-order valence-electron chi connectivity index (χ2n) is 12.9. The molecule has 2 fully saturated rings. The number of aromatic nitrogens is 2. The van der Waals surface area contributed by atoms with Gasteiger partial charge in [0.25, 0.3) is 21.6 Å². The lowest BCUT2D eigenvalue weighted by Crippen LogP contribution is -2.36. The molecule has 50 heavy (non-hydrogen) atoms. The molecule has 1 saturated carbocycles. The molecule has 1 amide bonds. The molecule has 13 heteroatoms. The molecule has 3 aromatic carbocycles. The van der Waals surface area contributed by atoms with Crippen LogP contribution in [0.2, 0.25) is 0 Å². The molecule has 2 heterocycles. The first-order valence-electron chi connectivity index (χ1n) is 17.2. The molecule has 0 atom stereocenters. The Morgan fingerprint density at radius 1 is 0.940 bits per heavy atom. The molecule has 1 aliphatic carbocycles. The van der Waals surface area contributed by atoms with Gasteiger partial charge in [-0.2, -0.15) is 0 Å². The second-order valence-corrected chi connectivity index (χ2v) is 15.7. The summed E-state index contributed by atoms with van der Waals surface area (Å²) in [5.41, 5.74) is 1.82.